The molecule has 5 aliphatic rings. The van der Waals surface area contributed by atoms with E-state index < -0.39 is 12.0 Å². The van der Waals surface area contributed by atoms with Gasteiger partial charge >= 0.3 is 5.97 Å². The van der Waals surface area contributed by atoms with Gasteiger partial charge in [0.2, 0.25) is 11.8 Å². The average molecular weight is 442 g/mol. The number of imide groups is 1. The third kappa shape index (κ3) is 3.25. The van der Waals surface area contributed by atoms with Crippen LogP contribution in [0.5, 0.6) is 5.75 Å². The summed E-state index contributed by atoms with van der Waals surface area (Å²) in [5.41, 5.74) is 2.86. The number of ether oxygens (including phenoxy) is 1. The molecule has 5 nitrogen and oxygen atoms in total. The predicted molar refractivity (Wildman–Crippen MR) is 122 cm³/mol. The third-order valence-electron chi connectivity index (χ3n) is 7.97. The lowest BCUT2D eigenvalue weighted by Crippen LogP contribution is -2.48. The van der Waals surface area contributed by atoms with Crippen LogP contribution in [-0.2, 0) is 20.8 Å². The van der Waals surface area contributed by atoms with Crippen molar-refractivity contribution in [3.63, 3.8) is 0 Å². The van der Waals surface area contributed by atoms with Gasteiger partial charge in [0.1, 0.15) is 11.8 Å². The van der Waals surface area contributed by atoms with Crippen LogP contribution in [0.15, 0.2) is 60.7 Å². The SMILES string of the molecule is Cc1cc(C)cc(OC(=O)[C@H](Cc2ccccc2)N2C(=O)[C@H]3[C@@H]4C=C[C@H]([C@H]5C[C@H]45)[C@@H]3C2=O)c1. The lowest BCUT2D eigenvalue weighted by Gasteiger charge is -2.37. The van der Waals surface area contributed by atoms with E-state index in [-0.39, 0.29) is 41.9 Å². The summed E-state index contributed by atoms with van der Waals surface area (Å²) >= 11 is 0. The summed E-state index contributed by atoms with van der Waals surface area (Å²) in [6.45, 7) is 3.89. The van der Waals surface area contributed by atoms with Crippen molar-refractivity contribution in [1.29, 1.82) is 0 Å². The van der Waals surface area contributed by atoms with Gasteiger partial charge in [-0.1, -0.05) is 48.6 Å². The van der Waals surface area contributed by atoms with Crippen molar-refractivity contribution in [2.45, 2.75) is 32.7 Å². The maximum absolute atomic E-state index is 13.7. The number of hydrogen-bond donors (Lipinski definition) is 0. The van der Waals surface area contributed by atoms with E-state index in [1.165, 1.54) is 4.90 Å². The van der Waals surface area contributed by atoms with Crippen molar-refractivity contribution in [2.24, 2.45) is 35.5 Å². The summed E-state index contributed by atoms with van der Waals surface area (Å²) < 4.78 is 5.77. The molecule has 168 valence electrons. The number of amides is 2. The molecule has 0 unspecified atom stereocenters. The summed E-state index contributed by atoms with van der Waals surface area (Å²) in [4.78, 5) is 42.1. The van der Waals surface area contributed by atoms with Crippen LogP contribution in [0.1, 0.15) is 23.1 Å². The van der Waals surface area contributed by atoms with Crippen molar-refractivity contribution in [3.8, 4) is 5.75 Å². The number of benzene rings is 2. The highest BCUT2D eigenvalue weighted by Crippen LogP contribution is 2.65. The predicted octanol–water partition coefficient (Wildman–Crippen LogP) is 3.87. The molecule has 0 N–H and O–H groups in total. The number of rotatable bonds is 5. The number of hydrogen-bond acceptors (Lipinski definition) is 4. The zero-order valence-corrected chi connectivity index (χ0v) is 18.8. The van der Waals surface area contributed by atoms with Crippen LogP contribution in [-0.4, -0.2) is 28.7 Å². The van der Waals surface area contributed by atoms with E-state index in [0.29, 0.717) is 17.6 Å². The maximum Gasteiger partial charge on any atom is 0.335 e. The molecular formula is C28H27NO4. The number of carbonyl (C=O) groups is 3. The van der Waals surface area contributed by atoms with Crippen LogP contribution in [0.4, 0.5) is 0 Å². The molecule has 1 saturated heterocycles. The lowest BCUT2D eigenvalue weighted by molar-refractivity contribution is -0.153. The second kappa shape index (κ2) is 7.41. The van der Waals surface area contributed by atoms with Gasteiger partial charge in [0, 0.05) is 6.42 Å². The number of allylic oxidation sites excluding steroid dienone is 2. The van der Waals surface area contributed by atoms with Crippen LogP contribution in [0, 0.1) is 49.4 Å². The molecule has 0 spiro atoms. The molecule has 1 aliphatic heterocycles. The Kier molecular flexibility index (Phi) is 4.58. The van der Waals surface area contributed by atoms with E-state index in [1.807, 2.05) is 50.2 Å². The fourth-order valence-electron chi connectivity index (χ4n) is 6.58. The first-order valence-corrected chi connectivity index (χ1v) is 11.8. The molecule has 2 saturated carbocycles. The van der Waals surface area contributed by atoms with E-state index in [2.05, 4.69) is 12.2 Å². The monoisotopic (exact) mass is 441 g/mol. The number of nitrogens with zero attached hydrogens (tertiary/aromatic N) is 1. The van der Waals surface area contributed by atoms with Gasteiger partial charge < -0.3 is 4.74 Å². The maximum atomic E-state index is 13.7. The van der Waals surface area contributed by atoms with Crippen molar-refractivity contribution >= 4 is 17.8 Å². The summed E-state index contributed by atoms with van der Waals surface area (Å²) in [5.74, 6) is 0.108. The fourth-order valence-corrected chi connectivity index (χ4v) is 6.58. The zero-order chi connectivity index (χ0) is 22.9. The van der Waals surface area contributed by atoms with Crippen molar-refractivity contribution in [2.75, 3.05) is 0 Å². The van der Waals surface area contributed by atoms with E-state index in [0.717, 1.165) is 23.1 Å². The van der Waals surface area contributed by atoms with Gasteiger partial charge in [-0.15, -0.1) is 0 Å². The zero-order valence-electron chi connectivity index (χ0n) is 18.8. The van der Waals surface area contributed by atoms with Crippen LogP contribution in [0.2, 0.25) is 0 Å². The third-order valence-corrected chi connectivity index (χ3v) is 7.97. The molecule has 0 aromatic heterocycles. The smallest absolute Gasteiger partial charge is 0.335 e. The van der Waals surface area contributed by atoms with Crippen LogP contribution >= 0.6 is 0 Å². The molecule has 2 bridgehead atoms. The Labute approximate surface area is 193 Å². The van der Waals surface area contributed by atoms with Gasteiger partial charge in [0.15, 0.2) is 0 Å². The van der Waals surface area contributed by atoms with E-state index in [4.69, 9.17) is 4.74 Å². The van der Waals surface area contributed by atoms with Crippen LogP contribution in [0.25, 0.3) is 0 Å². The average Bonchev–Trinajstić information content (AvgIpc) is 3.56. The van der Waals surface area contributed by atoms with Gasteiger partial charge in [0.05, 0.1) is 11.8 Å². The molecule has 1 heterocycles. The summed E-state index contributed by atoms with van der Waals surface area (Å²) in [6.07, 6.45) is 5.65. The van der Waals surface area contributed by atoms with E-state index in [1.54, 1.807) is 12.1 Å². The van der Waals surface area contributed by atoms with E-state index in [9.17, 15) is 14.4 Å². The second-order valence-corrected chi connectivity index (χ2v) is 10.2. The number of aryl methyl sites for hydroxylation is 2. The molecular weight excluding hydrogens is 414 g/mol. The van der Waals surface area contributed by atoms with Gasteiger partial charge in [-0.25, -0.2) is 4.79 Å². The minimum atomic E-state index is -0.977. The Hall–Kier alpha value is -3.21. The van der Waals surface area contributed by atoms with Crippen LogP contribution in [0.3, 0.4) is 0 Å². The Balaban J connectivity index is 1.34. The Morgan fingerprint density at radius 3 is 2.09 bits per heavy atom. The van der Waals surface area contributed by atoms with Crippen molar-refractivity contribution in [3.05, 3.63) is 77.4 Å². The molecule has 7 atom stereocenters. The molecule has 7 rings (SSSR count). The molecule has 2 amide bonds. The highest BCUT2D eigenvalue weighted by Gasteiger charge is 2.68. The van der Waals surface area contributed by atoms with Gasteiger partial charge in [-0.2, -0.15) is 0 Å². The van der Waals surface area contributed by atoms with Gasteiger partial charge in [0.25, 0.3) is 0 Å². The van der Waals surface area contributed by atoms with E-state index >= 15 is 0 Å². The minimum Gasteiger partial charge on any atom is -0.425 e. The molecule has 2 aromatic carbocycles. The second-order valence-electron chi connectivity index (χ2n) is 10.2. The molecule has 5 heteroatoms. The number of carbonyl (C=O) groups excluding carboxylic acids is 3. The first-order valence-electron chi connectivity index (χ1n) is 11.8. The molecule has 33 heavy (non-hydrogen) atoms. The highest BCUT2D eigenvalue weighted by molar-refractivity contribution is 6.09. The number of esters is 1. The number of likely N-dealkylation sites (tertiary alicyclic amines) is 1. The van der Waals surface area contributed by atoms with Crippen molar-refractivity contribution in [1.82, 2.24) is 4.90 Å². The molecule has 2 aromatic rings. The van der Waals surface area contributed by atoms with Gasteiger partial charge in [-0.05, 0) is 72.8 Å². The largest absolute Gasteiger partial charge is 0.425 e. The minimum absolute atomic E-state index is 0.124. The Morgan fingerprint density at radius 2 is 1.52 bits per heavy atom. The highest BCUT2D eigenvalue weighted by atomic mass is 16.5. The summed E-state index contributed by atoms with van der Waals surface area (Å²) in [6, 6.07) is 14.2. The van der Waals surface area contributed by atoms with Gasteiger partial charge in [-0.3, -0.25) is 14.5 Å². The molecule has 0 radical (unpaired) electrons. The quantitative estimate of drug-likeness (QED) is 0.306. The Morgan fingerprint density at radius 1 is 0.939 bits per heavy atom. The molecule has 4 aliphatic carbocycles. The first kappa shape index (κ1) is 20.4. The fraction of sp³-hybridized carbons (Fsp3) is 0.393. The Bertz CT molecular complexity index is 1130. The summed E-state index contributed by atoms with van der Waals surface area (Å²) in [5, 5.41) is 0. The molecule has 3 fully saturated rings. The lowest BCUT2D eigenvalue weighted by atomic mass is 9.63. The summed E-state index contributed by atoms with van der Waals surface area (Å²) in [7, 11) is 0. The van der Waals surface area contributed by atoms with Crippen molar-refractivity contribution < 1.29 is 19.1 Å². The van der Waals surface area contributed by atoms with Crippen LogP contribution < -0.4 is 4.74 Å². The normalized spacial score (nSPS) is 31.9. The first-order chi connectivity index (χ1) is 15.9. The topological polar surface area (TPSA) is 63.7 Å². The standard InChI is InChI=1S/C28H27NO4/c1-15-10-16(2)12-18(11-15)33-28(32)23(13-17-6-4-3-5-7-17)29-26(30)24-19-8-9-20(22-14-21(19)22)25(24)27(29)31/h3-12,19-25H,13-14H2,1-2H3/t19-,20-,21-,22-,23+,24+,25+/m1/s1.